The molecule has 0 aromatic heterocycles. The van der Waals surface area contributed by atoms with E-state index in [2.05, 4.69) is 5.32 Å². The van der Waals surface area contributed by atoms with E-state index in [0.29, 0.717) is 32.6 Å². The zero-order chi connectivity index (χ0) is 15.9. The zero-order valence-corrected chi connectivity index (χ0v) is 12.6. The molecule has 1 aromatic rings. The highest BCUT2D eigenvalue weighted by Crippen LogP contribution is 2.34. The van der Waals surface area contributed by atoms with E-state index in [0.717, 1.165) is 11.3 Å². The number of carbonyl (C=O) groups is 2. The summed E-state index contributed by atoms with van der Waals surface area (Å²) in [6.45, 7) is 1.41. The molecule has 1 fully saturated rings. The molecule has 120 valence electrons. The van der Waals surface area contributed by atoms with Crippen molar-refractivity contribution in [3.8, 4) is 5.75 Å². The van der Waals surface area contributed by atoms with Crippen LogP contribution in [0.5, 0.6) is 5.75 Å². The Morgan fingerprint density at radius 3 is 2.41 bits per heavy atom. The molecule has 1 amide bonds. The van der Waals surface area contributed by atoms with E-state index in [1.807, 2.05) is 24.3 Å². The molecule has 2 atom stereocenters. The van der Waals surface area contributed by atoms with E-state index in [1.54, 1.807) is 7.11 Å². The molecule has 1 aliphatic rings. The number of amides is 1. The molecule has 0 spiro atoms. The molecule has 22 heavy (non-hydrogen) atoms. The number of benzene rings is 1. The first-order valence-electron chi connectivity index (χ1n) is 7.33. The second-order valence-corrected chi connectivity index (χ2v) is 5.33. The number of ether oxygens (including phenoxy) is 2. The summed E-state index contributed by atoms with van der Waals surface area (Å²) in [5.41, 5.74) is 0.943. The van der Waals surface area contributed by atoms with Crippen LogP contribution in [-0.4, -0.2) is 37.3 Å². The van der Waals surface area contributed by atoms with E-state index in [4.69, 9.17) is 14.6 Å². The van der Waals surface area contributed by atoms with Gasteiger partial charge in [-0.25, -0.2) is 0 Å². The lowest BCUT2D eigenvalue weighted by molar-refractivity contribution is -0.152. The molecule has 6 heteroatoms. The minimum Gasteiger partial charge on any atom is -0.491 e. The molecule has 0 saturated heterocycles. The predicted octanol–water partition coefficient (Wildman–Crippen LogP) is 1.44. The molecule has 0 bridgehead atoms. The van der Waals surface area contributed by atoms with Gasteiger partial charge in [-0.2, -0.15) is 0 Å². The number of nitrogens with one attached hydrogen (secondary N) is 1. The maximum absolute atomic E-state index is 11.9. The summed E-state index contributed by atoms with van der Waals surface area (Å²) in [7, 11) is 1.62. The molecule has 0 radical (unpaired) electrons. The third-order valence-electron chi connectivity index (χ3n) is 3.87. The van der Waals surface area contributed by atoms with Crippen molar-refractivity contribution in [2.24, 2.45) is 11.8 Å². The number of aliphatic carboxylic acids is 1. The Morgan fingerprint density at radius 1 is 1.18 bits per heavy atom. The summed E-state index contributed by atoms with van der Waals surface area (Å²) in [4.78, 5) is 22.9. The predicted molar refractivity (Wildman–Crippen MR) is 79.5 cm³/mol. The summed E-state index contributed by atoms with van der Waals surface area (Å²) >= 11 is 0. The first-order valence-corrected chi connectivity index (χ1v) is 7.33. The van der Waals surface area contributed by atoms with Crippen LogP contribution in [0.25, 0.3) is 0 Å². The lowest BCUT2D eigenvalue weighted by atomic mass is 9.73. The fourth-order valence-corrected chi connectivity index (χ4v) is 2.38. The van der Waals surface area contributed by atoms with Gasteiger partial charge in [-0.15, -0.1) is 0 Å². The summed E-state index contributed by atoms with van der Waals surface area (Å²) in [6, 6.07) is 7.41. The lowest BCUT2D eigenvalue weighted by Crippen LogP contribution is -2.43. The van der Waals surface area contributed by atoms with Gasteiger partial charge in [0.15, 0.2) is 0 Å². The molecule has 0 heterocycles. The number of hydrogen-bond donors (Lipinski definition) is 2. The number of methoxy groups -OCH3 is 1. The van der Waals surface area contributed by atoms with E-state index >= 15 is 0 Å². The lowest BCUT2D eigenvalue weighted by Gasteiger charge is -2.31. The van der Waals surface area contributed by atoms with E-state index in [9.17, 15) is 9.59 Å². The van der Waals surface area contributed by atoms with Crippen LogP contribution in [0.4, 0.5) is 0 Å². The minimum absolute atomic E-state index is 0.181. The smallest absolute Gasteiger partial charge is 0.307 e. The fourth-order valence-electron chi connectivity index (χ4n) is 2.38. The molecule has 6 nitrogen and oxygen atoms in total. The van der Waals surface area contributed by atoms with Gasteiger partial charge in [0, 0.05) is 13.7 Å². The Kier molecular flexibility index (Phi) is 5.77. The molecule has 0 aliphatic heterocycles. The largest absolute Gasteiger partial charge is 0.491 e. The van der Waals surface area contributed by atoms with Crippen LogP contribution >= 0.6 is 0 Å². The van der Waals surface area contributed by atoms with Crippen molar-refractivity contribution in [2.45, 2.75) is 19.4 Å². The highest BCUT2D eigenvalue weighted by atomic mass is 16.5. The number of hydrogen-bond acceptors (Lipinski definition) is 4. The maximum atomic E-state index is 11.9. The van der Waals surface area contributed by atoms with Gasteiger partial charge < -0.3 is 19.9 Å². The highest BCUT2D eigenvalue weighted by Gasteiger charge is 2.41. The van der Waals surface area contributed by atoms with E-state index in [1.165, 1.54) is 0 Å². The second-order valence-electron chi connectivity index (χ2n) is 5.33. The van der Waals surface area contributed by atoms with Gasteiger partial charge in [0.05, 0.1) is 18.4 Å². The summed E-state index contributed by atoms with van der Waals surface area (Å²) in [5, 5.41) is 11.7. The van der Waals surface area contributed by atoms with Crippen LogP contribution in [0.15, 0.2) is 24.3 Å². The second kappa shape index (κ2) is 7.79. The van der Waals surface area contributed by atoms with Crippen LogP contribution in [0, 0.1) is 11.8 Å². The van der Waals surface area contributed by atoms with Crippen molar-refractivity contribution in [1.29, 1.82) is 0 Å². The Bertz CT molecular complexity index is 514. The molecule has 1 aromatic carbocycles. The van der Waals surface area contributed by atoms with E-state index in [-0.39, 0.29) is 5.91 Å². The SMILES string of the molecule is COCCOc1ccc(CNC(=O)C2CCC2C(=O)O)cc1. The molecule has 1 saturated carbocycles. The zero-order valence-electron chi connectivity index (χ0n) is 12.6. The van der Waals surface area contributed by atoms with Gasteiger partial charge in [-0.3, -0.25) is 9.59 Å². The Hall–Kier alpha value is -2.08. The Morgan fingerprint density at radius 2 is 1.86 bits per heavy atom. The van der Waals surface area contributed by atoms with Crippen molar-refractivity contribution in [1.82, 2.24) is 5.32 Å². The summed E-state index contributed by atoms with van der Waals surface area (Å²) in [5.74, 6) is -1.24. The average molecular weight is 307 g/mol. The first kappa shape index (κ1) is 16.3. The fraction of sp³-hybridized carbons (Fsp3) is 0.500. The molecular weight excluding hydrogens is 286 g/mol. The average Bonchev–Trinajstić information content (AvgIpc) is 2.45. The number of carboxylic acids is 1. The number of carbonyl (C=O) groups excluding carboxylic acids is 1. The topological polar surface area (TPSA) is 84.9 Å². The first-order chi connectivity index (χ1) is 10.6. The van der Waals surface area contributed by atoms with Crippen molar-refractivity contribution >= 4 is 11.9 Å². The molecule has 2 unspecified atom stereocenters. The maximum Gasteiger partial charge on any atom is 0.307 e. The van der Waals surface area contributed by atoms with E-state index < -0.39 is 17.8 Å². The molecule has 1 aliphatic carbocycles. The van der Waals surface area contributed by atoms with Gasteiger partial charge in [0.1, 0.15) is 12.4 Å². The molecular formula is C16H21NO5. The van der Waals surface area contributed by atoms with Crippen LogP contribution in [0.1, 0.15) is 18.4 Å². The third kappa shape index (κ3) is 4.21. The van der Waals surface area contributed by atoms with Crippen molar-refractivity contribution in [2.75, 3.05) is 20.3 Å². The van der Waals surface area contributed by atoms with Gasteiger partial charge in [0.2, 0.25) is 5.91 Å². The Labute approximate surface area is 129 Å². The number of carboxylic acid groups (broad SMARTS) is 1. The van der Waals surface area contributed by atoms with Gasteiger partial charge in [-0.1, -0.05) is 12.1 Å². The van der Waals surface area contributed by atoms with Crippen LogP contribution in [0.3, 0.4) is 0 Å². The monoisotopic (exact) mass is 307 g/mol. The van der Waals surface area contributed by atoms with Crippen molar-refractivity contribution in [3.05, 3.63) is 29.8 Å². The van der Waals surface area contributed by atoms with Gasteiger partial charge in [-0.05, 0) is 30.5 Å². The quantitative estimate of drug-likeness (QED) is 0.710. The van der Waals surface area contributed by atoms with Crippen LogP contribution in [-0.2, 0) is 20.9 Å². The Balaban J connectivity index is 1.77. The van der Waals surface area contributed by atoms with Crippen molar-refractivity contribution < 1.29 is 24.2 Å². The van der Waals surface area contributed by atoms with Gasteiger partial charge in [0.25, 0.3) is 0 Å². The minimum atomic E-state index is -0.885. The normalized spacial score (nSPS) is 20.0. The summed E-state index contributed by atoms with van der Waals surface area (Å²) < 4.78 is 10.4. The number of rotatable bonds is 8. The van der Waals surface area contributed by atoms with Crippen molar-refractivity contribution in [3.63, 3.8) is 0 Å². The third-order valence-corrected chi connectivity index (χ3v) is 3.87. The standard InChI is InChI=1S/C16H21NO5/c1-21-8-9-22-12-4-2-11(3-5-12)10-17-15(18)13-6-7-14(13)16(19)20/h2-5,13-14H,6-10H2,1H3,(H,17,18)(H,19,20). The molecule has 2 N–H and O–H groups in total. The van der Waals surface area contributed by atoms with Gasteiger partial charge >= 0.3 is 5.97 Å². The van der Waals surface area contributed by atoms with Crippen LogP contribution in [0.2, 0.25) is 0 Å². The molecule has 2 rings (SSSR count). The summed E-state index contributed by atoms with van der Waals surface area (Å²) in [6.07, 6.45) is 1.23. The highest BCUT2D eigenvalue weighted by molar-refractivity contribution is 5.86. The van der Waals surface area contributed by atoms with Crippen LogP contribution < -0.4 is 10.1 Å².